The van der Waals surface area contributed by atoms with Crippen molar-refractivity contribution < 1.29 is 19.1 Å². The second kappa shape index (κ2) is 8.19. The molecule has 0 heterocycles. The zero-order chi connectivity index (χ0) is 18.3. The minimum Gasteiger partial charge on any atom is -0.484 e. The predicted molar refractivity (Wildman–Crippen MR) is 89.1 cm³/mol. The molecule has 24 heavy (non-hydrogen) atoms. The van der Waals surface area contributed by atoms with E-state index in [1.807, 2.05) is 12.1 Å². The number of nitrogens with one attached hydrogen (secondary N) is 3. The summed E-state index contributed by atoms with van der Waals surface area (Å²) in [6.45, 7) is 7.49. The lowest BCUT2D eigenvalue weighted by atomic mass is 9.87. The third-order valence-corrected chi connectivity index (χ3v) is 3.17. The molecule has 4 amide bonds. The Balaban J connectivity index is 2.38. The van der Waals surface area contributed by atoms with Gasteiger partial charge in [-0.2, -0.15) is 0 Å². The molecular formula is C16H24N4O4. The summed E-state index contributed by atoms with van der Waals surface area (Å²) in [6, 6.07) is 5.74. The first-order chi connectivity index (χ1) is 11.1. The van der Waals surface area contributed by atoms with Gasteiger partial charge < -0.3 is 15.8 Å². The molecule has 8 nitrogen and oxygen atoms in total. The van der Waals surface area contributed by atoms with Crippen LogP contribution in [0.5, 0.6) is 5.75 Å². The van der Waals surface area contributed by atoms with Crippen molar-refractivity contribution in [3.8, 4) is 5.75 Å². The van der Waals surface area contributed by atoms with Gasteiger partial charge in [0.25, 0.3) is 11.8 Å². The average molecular weight is 336 g/mol. The van der Waals surface area contributed by atoms with Gasteiger partial charge in [-0.1, -0.05) is 32.9 Å². The van der Waals surface area contributed by atoms with Gasteiger partial charge in [0.2, 0.25) is 0 Å². The Kier molecular flexibility index (Phi) is 6.58. The quantitative estimate of drug-likeness (QED) is 0.587. The van der Waals surface area contributed by atoms with Crippen LogP contribution in [0.3, 0.4) is 0 Å². The molecule has 8 heteroatoms. The number of amides is 4. The van der Waals surface area contributed by atoms with Crippen LogP contribution in [0.1, 0.15) is 33.3 Å². The van der Waals surface area contributed by atoms with Crippen molar-refractivity contribution in [2.45, 2.75) is 39.2 Å². The number of benzene rings is 1. The van der Waals surface area contributed by atoms with Crippen LogP contribution in [0.2, 0.25) is 0 Å². The Bertz CT molecular complexity index is 593. The number of rotatable bonds is 5. The summed E-state index contributed by atoms with van der Waals surface area (Å²) < 4.78 is 5.34. The second-order valence-corrected chi connectivity index (χ2v) is 6.33. The minimum atomic E-state index is -0.867. The van der Waals surface area contributed by atoms with Crippen LogP contribution in [0, 0.1) is 0 Å². The second-order valence-electron chi connectivity index (χ2n) is 6.33. The van der Waals surface area contributed by atoms with Gasteiger partial charge in [-0.05, 0) is 30.0 Å². The van der Waals surface area contributed by atoms with E-state index in [4.69, 9.17) is 10.5 Å². The van der Waals surface area contributed by atoms with Crippen molar-refractivity contribution in [1.29, 1.82) is 0 Å². The van der Waals surface area contributed by atoms with Crippen LogP contribution in [-0.4, -0.2) is 30.5 Å². The van der Waals surface area contributed by atoms with Crippen molar-refractivity contribution >= 4 is 17.8 Å². The van der Waals surface area contributed by atoms with Crippen molar-refractivity contribution in [2.24, 2.45) is 5.73 Å². The number of ether oxygens (including phenoxy) is 1. The first kappa shape index (κ1) is 19.3. The average Bonchev–Trinajstić information content (AvgIpc) is 2.49. The molecule has 0 aliphatic carbocycles. The molecule has 0 radical (unpaired) electrons. The SMILES string of the molecule is CC(NC(N)=O)C(=O)NNC(=O)COc1ccc(C(C)(C)C)cc1. The molecule has 1 aromatic carbocycles. The largest absolute Gasteiger partial charge is 0.484 e. The molecule has 1 unspecified atom stereocenters. The van der Waals surface area contributed by atoms with Gasteiger partial charge in [-0.15, -0.1) is 0 Å². The van der Waals surface area contributed by atoms with Gasteiger partial charge in [0.15, 0.2) is 6.61 Å². The number of hydrogen-bond donors (Lipinski definition) is 4. The van der Waals surface area contributed by atoms with Crippen LogP contribution >= 0.6 is 0 Å². The maximum absolute atomic E-state index is 11.6. The van der Waals surface area contributed by atoms with E-state index >= 15 is 0 Å². The van der Waals surface area contributed by atoms with E-state index in [2.05, 4.69) is 36.9 Å². The van der Waals surface area contributed by atoms with Crippen LogP contribution in [-0.2, 0) is 15.0 Å². The van der Waals surface area contributed by atoms with Crippen molar-refractivity contribution in [2.75, 3.05) is 6.61 Å². The lowest BCUT2D eigenvalue weighted by Gasteiger charge is -2.19. The number of hydrazine groups is 1. The van der Waals surface area contributed by atoms with Crippen molar-refractivity contribution in [1.82, 2.24) is 16.2 Å². The third-order valence-electron chi connectivity index (χ3n) is 3.17. The summed E-state index contributed by atoms with van der Waals surface area (Å²) in [5, 5.41) is 2.19. The normalized spacial score (nSPS) is 12.0. The lowest BCUT2D eigenvalue weighted by molar-refractivity contribution is -0.130. The summed E-state index contributed by atoms with van der Waals surface area (Å²) in [7, 11) is 0. The molecule has 0 fully saturated rings. The lowest BCUT2D eigenvalue weighted by Crippen LogP contribution is -2.52. The summed E-state index contributed by atoms with van der Waals surface area (Å²) in [6.07, 6.45) is 0. The number of nitrogens with two attached hydrogens (primary N) is 1. The van der Waals surface area contributed by atoms with E-state index in [0.717, 1.165) is 5.56 Å². The van der Waals surface area contributed by atoms with E-state index in [1.165, 1.54) is 6.92 Å². The number of carbonyl (C=O) groups excluding carboxylic acids is 3. The van der Waals surface area contributed by atoms with Crippen LogP contribution < -0.4 is 26.6 Å². The Morgan fingerprint density at radius 3 is 2.21 bits per heavy atom. The van der Waals surface area contributed by atoms with Crippen molar-refractivity contribution in [3.05, 3.63) is 29.8 Å². The number of urea groups is 1. The first-order valence-electron chi connectivity index (χ1n) is 7.47. The van der Waals surface area contributed by atoms with E-state index in [-0.39, 0.29) is 12.0 Å². The molecule has 0 aromatic heterocycles. The fraction of sp³-hybridized carbons (Fsp3) is 0.438. The molecule has 0 saturated carbocycles. The molecule has 132 valence electrons. The van der Waals surface area contributed by atoms with E-state index in [9.17, 15) is 14.4 Å². The fourth-order valence-electron chi connectivity index (χ4n) is 1.75. The summed E-state index contributed by atoms with van der Waals surface area (Å²) >= 11 is 0. The third kappa shape index (κ3) is 6.55. The molecule has 0 aliphatic heterocycles. The minimum absolute atomic E-state index is 0.0375. The van der Waals surface area contributed by atoms with Crippen LogP contribution in [0.25, 0.3) is 0 Å². The monoisotopic (exact) mass is 336 g/mol. The zero-order valence-electron chi connectivity index (χ0n) is 14.3. The zero-order valence-corrected chi connectivity index (χ0v) is 14.3. The highest BCUT2D eigenvalue weighted by atomic mass is 16.5. The Morgan fingerprint density at radius 2 is 1.71 bits per heavy atom. The van der Waals surface area contributed by atoms with E-state index < -0.39 is 23.9 Å². The highest BCUT2D eigenvalue weighted by molar-refractivity contribution is 5.88. The molecule has 1 rings (SSSR count). The van der Waals surface area contributed by atoms with Gasteiger partial charge in [0.05, 0.1) is 0 Å². The van der Waals surface area contributed by atoms with Crippen LogP contribution in [0.4, 0.5) is 4.79 Å². The molecule has 0 aliphatic rings. The summed E-state index contributed by atoms with van der Waals surface area (Å²) in [5.74, 6) is -0.584. The van der Waals surface area contributed by atoms with Crippen LogP contribution in [0.15, 0.2) is 24.3 Å². The Hall–Kier alpha value is -2.77. The van der Waals surface area contributed by atoms with Gasteiger partial charge >= 0.3 is 6.03 Å². The Morgan fingerprint density at radius 1 is 1.12 bits per heavy atom. The standard InChI is InChI=1S/C16H24N4O4/c1-10(18-15(17)23)14(22)20-19-13(21)9-24-12-7-5-11(6-8-12)16(2,3)4/h5-8,10H,9H2,1-4H3,(H,19,21)(H,20,22)(H3,17,18,23). The maximum Gasteiger partial charge on any atom is 0.312 e. The van der Waals surface area contributed by atoms with E-state index in [1.54, 1.807) is 12.1 Å². The maximum atomic E-state index is 11.6. The molecular weight excluding hydrogens is 312 g/mol. The molecule has 0 saturated heterocycles. The number of carbonyl (C=O) groups is 3. The van der Waals surface area contributed by atoms with Gasteiger partial charge in [-0.3, -0.25) is 20.4 Å². The first-order valence-corrected chi connectivity index (χ1v) is 7.47. The van der Waals surface area contributed by atoms with Gasteiger partial charge in [0.1, 0.15) is 11.8 Å². The van der Waals surface area contributed by atoms with Crippen molar-refractivity contribution in [3.63, 3.8) is 0 Å². The fourth-order valence-corrected chi connectivity index (χ4v) is 1.75. The van der Waals surface area contributed by atoms with E-state index in [0.29, 0.717) is 5.75 Å². The highest BCUT2D eigenvalue weighted by Crippen LogP contribution is 2.24. The Labute approximate surface area is 141 Å². The molecule has 5 N–H and O–H groups in total. The number of primary amides is 1. The molecule has 1 atom stereocenters. The van der Waals surface area contributed by atoms with Gasteiger partial charge in [-0.25, -0.2) is 4.79 Å². The summed E-state index contributed by atoms with van der Waals surface area (Å²) in [4.78, 5) is 33.8. The molecule has 0 spiro atoms. The number of hydrogen-bond acceptors (Lipinski definition) is 4. The smallest absolute Gasteiger partial charge is 0.312 e. The van der Waals surface area contributed by atoms with Gasteiger partial charge in [0, 0.05) is 0 Å². The highest BCUT2D eigenvalue weighted by Gasteiger charge is 2.15. The summed E-state index contributed by atoms with van der Waals surface area (Å²) in [5.41, 5.74) is 10.4. The molecule has 1 aromatic rings. The predicted octanol–water partition coefficient (Wildman–Crippen LogP) is 0.567. The molecule has 0 bridgehead atoms. The topological polar surface area (TPSA) is 123 Å².